The van der Waals surface area contributed by atoms with Crippen molar-refractivity contribution in [2.45, 2.75) is 4.90 Å². The summed E-state index contributed by atoms with van der Waals surface area (Å²) in [6.07, 6.45) is 0. The molecule has 0 bridgehead atoms. The van der Waals surface area contributed by atoms with Gasteiger partial charge in [0.15, 0.2) is 0 Å². The Labute approximate surface area is 139 Å². The zero-order valence-corrected chi connectivity index (χ0v) is 14.0. The summed E-state index contributed by atoms with van der Waals surface area (Å²) < 4.78 is 37.5. The first-order valence-electron chi connectivity index (χ1n) is 5.82. The van der Waals surface area contributed by atoms with E-state index in [0.29, 0.717) is 4.47 Å². The Morgan fingerprint density at radius 3 is 2.36 bits per heavy atom. The van der Waals surface area contributed by atoms with Gasteiger partial charge in [0.2, 0.25) is 0 Å². The Kier molecular flexibility index (Phi) is 5.17. The molecule has 0 fully saturated rings. The van der Waals surface area contributed by atoms with Crippen molar-refractivity contribution in [2.24, 2.45) is 0 Å². The maximum Gasteiger partial charge on any atom is 0.266 e. The SMILES string of the molecule is O=C(NNS(=O)(=O)c1ccc(Br)cc1Cl)c1ccc(F)cc1. The summed E-state index contributed by atoms with van der Waals surface area (Å²) in [6.45, 7) is 0. The van der Waals surface area contributed by atoms with E-state index in [1.807, 2.05) is 10.3 Å². The van der Waals surface area contributed by atoms with Crippen LogP contribution in [0.1, 0.15) is 10.4 Å². The molecule has 0 aliphatic carbocycles. The van der Waals surface area contributed by atoms with Crippen molar-refractivity contribution >= 4 is 43.5 Å². The van der Waals surface area contributed by atoms with Crippen molar-refractivity contribution in [3.63, 3.8) is 0 Å². The highest BCUT2D eigenvalue weighted by atomic mass is 79.9. The minimum Gasteiger partial charge on any atom is -0.273 e. The van der Waals surface area contributed by atoms with Crippen LogP contribution in [0.15, 0.2) is 51.8 Å². The monoisotopic (exact) mass is 406 g/mol. The standard InChI is InChI=1S/C13H9BrClFN2O3S/c14-9-3-6-12(11(15)7-9)22(20,21)18-17-13(19)8-1-4-10(16)5-2-8/h1-7,18H,(H,17,19). The third-order valence-electron chi connectivity index (χ3n) is 2.59. The molecule has 0 saturated carbocycles. The topological polar surface area (TPSA) is 75.3 Å². The van der Waals surface area contributed by atoms with Crippen molar-refractivity contribution < 1.29 is 17.6 Å². The lowest BCUT2D eigenvalue weighted by molar-refractivity contribution is 0.0945. The van der Waals surface area contributed by atoms with Crippen LogP contribution in [0.3, 0.4) is 0 Å². The van der Waals surface area contributed by atoms with Gasteiger partial charge >= 0.3 is 0 Å². The van der Waals surface area contributed by atoms with Crippen LogP contribution >= 0.6 is 27.5 Å². The van der Waals surface area contributed by atoms with E-state index in [-0.39, 0.29) is 15.5 Å². The van der Waals surface area contributed by atoms with Gasteiger partial charge in [-0.25, -0.2) is 12.8 Å². The van der Waals surface area contributed by atoms with Crippen molar-refractivity contribution in [2.75, 3.05) is 0 Å². The molecule has 22 heavy (non-hydrogen) atoms. The molecule has 2 aromatic rings. The van der Waals surface area contributed by atoms with Gasteiger partial charge in [-0.2, -0.15) is 0 Å². The Hall–Kier alpha value is -1.48. The Morgan fingerprint density at radius 1 is 1.14 bits per heavy atom. The van der Waals surface area contributed by atoms with E-state index in [0.717, 1.165) is 12.1 Å². The van der Waals surface area contributed by atoms with E-state index >= 15 is 0 Å². The number of sulfonamides is 1. The molecule has 5 nitrogen and oxygen atoms in total. The fraction of sp³-hybridized carbons (Fsp3) is 0. The number of amides is 1. The molecule has 0 saturated heterocycles. The lowest BCUT2D eigenvalue weighted by atomic mass is 10.2. The van der Waals surface area contributed by atoms with Crippen molar-refractivity contribution in [3.8, 4) is 0 Å². The summed E-state index contributed by atoms with van der Waals surface area (Å²) >= 11 is 9.02. The summed E-state index contributed by atoms with van der Waals surface area (Å²) in [5, 5.41) is -0.00194. The largest absolute Gasteiger partial charge is 0.273 e. The minimum atomic E-state index is -4.03. The molecule has 0 heterocycles. The molecule has 0 aliphatic heterocycles. The van der Waals surface area contributed by atoms with Gasteiger partial charge < -0.3 is 0 Å². The van der Waals surface area contributed by atoms with Crippen LogP contribution in [0.4, 0.5) is 4.39 Å². The molecule has 0 radical (unpaired) electrons. The van der Waals surface area contributed by atoms with Gasteiger partial charge in [-0.3, -0.25) is 10.2 Å². The predicted octanol–water partition coefficient (Wildman–Crippen LogP) is 2.86. The first kappa shape index (κ1) is 16.9. The first-order chi connectivity index (χ1) is 10.3. The predicted molar refractivity (Wildman–Crippen MR) is 83.3 cm³/mol. The summed E-state index contributed by atoms with van der Waals surface area (Å²) in [6, 6.07) is 8.85. The van der Waals surface area contributed by atoms with Gasteiger partial charge in [0.05, 0.1) is 5.02 Å². The molecule has 2 N–H and O–H groups in total. The summed E-state index contributed by atoms with van der Waals surface area (Å²) in [5.74, 6) is -1.23. The Morgan fingerprint density at radius 2 is 1.77 bits per heavy atom. The zero-order chi connectivity index (χ0) is 16.3. The second-order valence-electron chi connectivity index (χ2n) is 4.14. The van der Waals surface area contributed by atoms with Crippen LogP contribution in [0, 0.1) is 5.82 Å². The van der Waals surface area contributed by atoms with Gasteiger partial charge in [0.25, 0.3) is 15.9 Å². The fourth-order valence-corrected chi connectivity index (χ4v) is 3.41. The number of benzene rings is 2. The van der Waals surface area contributed by atoms with Gasteiger partial charge in [-0.1, -0.05) is 27.5 Å². The second kappa shape index (κ2) is 6.74. The van der Waals surface area contributed by atoms with Crippen molar-refractivity contribution in [3.05, 3.63) is 63.3 Å². The van der Waals surface area contributed by atoms with Gasteiger partial charge in [-0.15, -0.1) is 4.83 Å². The van der Waals surface area contributed by atoms with E-state index < -0.39 is 21.7 Å². The van der Waals surface area contributed by atoms with E-state index in [4.69, 9.17) is 11.6 Å². The highest BCUT2D eigenvalue weighted by Gasteiger charge is 2.19. The van der Waals surface area contributed by atoms with Gasteiger partial charge in [0.1, 0.15) is 10.7 Å². The number of hydrogen-bond donors (Lipinski definition) is 2. The normalized spacial score (nSPS) is 11.2. The maximum atomic E-state index is 12.8. The number of nitrogens with one attached hydrogen (secondary N) is 2. The van der Waals surface area contributed by atoms with E-state index in [2.05, 4.69) is 15.9 Å². The van der Waals surface area contributed by atoms with Crippen LogP contribution in [-0.4, -0.2) is 14.3 Å². The number of hydrazine groups is 1. The summed E-state index contributed by atoms with van der Waals surface area (Å²) in [5.41, 5.74) is 2.13. The molecule has 0 aliphatic rings. The molecule has 0 unspecified atom stereocenters. The highest BCUT2D eigenvalue weighted by molar-refractivity contribution is 9.10. The molecule has 2 rings (SSSR count). The average molecular weight is 408 g/mol. The van der Waals surface area contributed by atoms with Crippen LogP contribution < -0.4 is 10.3 Å². The third-order valence-corrected chi connectivity index (χ3v) is 4.81. The highest BCUT2D eigenvalue weighted by Crippen LogP contribution is 2.24. The first-order valence-corrected chi connectivity index (χ1v) is 8.48. The quantitative estimate of drug-likeness (QED) is 0.765. The molecule has 1 amide bonds. The molecule has 0 atom stereocenters. The third kappa shape index (κ3) is 4.04. The van der Waals surface area contributed by atoms with Gasteiger partial charge in [-0.05, 0) is 42.5 Å². The number of rotatable bonds is 4. The molecule has 2 aromatic carbocycles. The molecule has 9 heteroatoms. The molecule has 116 valence electrons. The van der Waals surface area contributed by atoms with Crippen LogP contribution in [0.2, 0.25) is 5.02 Å². The van der Waals surface area contributed by atoms with E-state index in [9.17, 15) is 17.6 Å². The fourth-order valence-electron chi connectivity index (χ4n) is 1.54. The summed E-state index contributed by atoms with van der Waals surface area (Å²) in [4.78, 5) is 13.5. The maximum absolute atomic E-state index is 12.8. The molecule has 0 spiro atoms. The summed E-state index contributed by atoms with van der Waals surface area (Å²) in [7, 11) is -4.03. The van der Waals surface area contributed by atoms with Crippen molar-refractivity contribution in [1.29, 1.82) is 0 Å². The smallest absolute Gasteiger partial charge is 0.266 e. The number of carbonyl (C=O) groups is 1. The number of hydrogen-bond acceptors (Lipinski definition) is 3. The van der Waals surface area contributed by atoms with Crippen LogP contribution in [-0.2, 0) is 10.0 Å². The zero-order valence-electron chi connectivity index (χ0n) is 10.8. The van der Waals surface area contributed by atoms with Gasteiger partial charge in [0, 0.05) is 10.0 Å². The van der Waals surface area contributed by atoms with Crippen LogP contribution in [0.5, 0.6) is 0 Å². The van der Waals surface area contributed by atoms with Crippen molar-refractivity contribution in [1.82, 2.24) is 10.3 Å². The lowest BCUT2D eigenvalue weighted by Crippen LogP contribution is -2.41. The Bertz CT molecular complexity index is 813. The number of carbonyl (C=O) groups excluding carboxylic acids is 1. The number of halogens is 3. The van der Waals surface area contributed by atoms with E-state index in [1.165, 1.54) is 30.3 Å². The average Bonchev–Trinajstić information content (AvgIpc) is 2.45. The molecular formula is C13H9BrClFN2O3S. The lowest BCUT2D eigenvalue weighted by Gasteiger charge is -2.10. The van der Waals surface area contributed by atoms with Crippen LogP contribution in [0.25, 0.3) is 0 Å². The Balaban J connectivity index is 2.12. The minimum absolute atomic E-state index is 0.00194. The molecular weight excluding hydrogens is 399 g/mol. The van der Waals surface area contributed by atoms with E-state index in [1.54, 1.807) is 0 Å². The molecule has 0 aromatic heterocycles. The second-order valence-corrected chi connectivity index (χ2v) is 7.11.